The van der Waals surface area contributed by atoms with Crippen molar-refractivity contribution in [2.75, 3.05) is 0 Å². The summed E-state index contributed by atoms with van der Waals surface area (Å²) in [6.45, 7) is 9.68. The van der Waals surface area contributed by atoms with Gasteiger partial charge in [0.05, 0.1) is 6.10 Å². The summed E-state index contributed by atoms with van der Waals surface area (Å²) < 4.78 is 0. The second-order valence-corrected chi connectivity index (χ2v) is 8.03. The highest BCUT2D eigenvalue weighted by Crippen LogP contribution is 2.72. The number of fused-ring (bicyclic) bond motifs is 3. The fraction of sp³-hybridized carbons (Fsp3) is 1.00. The Bertz CT molecular complexity index is 321. The van der Waals surface area contributed by atoms with Crippen LogP contribution in [0.1, 0.15) is 59.8 Å². The van der Waals surface area contributed by atoms with Crippen molar-refractivity contribution in [1.29, 1.82) is 0 Å². The van der Waals surface area contributed by atoms with Gasteiger partial charge >= 0.3 is 0 Å². The number of aliphatic hydroxyl groups is 1. The van der Waals surface area contributed by atoms with Crippen molar-refractivity contribution in [3.63, 3.8) is 0 Å². The predicted octanol–water partition coefficient (Wildman–Crippen LogP) is 3.61. The van der Waals surface area contributed by atoms with E-state index in [-0.39, 0.29) is 11.5 Å². The van der Waals surface area contributed by atoms with Gasteiger partial charge in [0.15, 0.2) is 0 Å². The largest absolute Gasteiger partial charge is 0.393 e. The minimum Gasteiger partial charge on any atom is -0.393 e. The highest BCUT2D eigenvalue weighted by atomic mass is 16.3. The molecule has 3 aliphatic carbocycles. The minimum absolute atomic E-state index is 0.0359. The maximum Gasteiger partial charge on any atom is 0.0599 e. The van der Waals surface area contributed by atoms with E-state index in [0.717, 1.165) is 18.3 Å². The number of hydrogen-bond donors (Lipinski definition) is 1. The zero-order valence-corrected chi connectivity index (χ0v) is 11.2. The number of hydrogen-bond acceptors (Lipinski definition) is 1. The number of aliphatic hydroxyl groups excluding tert-OH is 1. The molecule has 0 spiro atoms. The Morgan fingerprint density at radius 1 is 0.938 bits per heavy atom. The maximum atomic E-state index is 10.3. The van der Waals surface area contributed by atoms with Crippen LogP contribution in [0.4, 0.5) is 0 Å². The molecule has 3 aliphatic rings. The Labute approximate surface area is 99.6 Å². The molecule has 0 heterocycles. The first-order valence-electron chi connectivity index (χ1n) is 6.97. The van der Waals surface area contributed by atoms with Crippen molar-refractivity contribution in [3.05, 3.63) is 0 Å². The third-order valence-electron chi connectivity index (χ3n) is 6.64. The van der Waals surface area contributed by atoms with Crippen molar-refractivity contribution in [2.45, 2.75) is 65.9 Å². The van der Waals surface area contributed by atoms with Crippen LogP contribution < -0.4 is 0 Å². The molecule has 5 atom stereocenters. The van der Waals surface area contributed by atoms with Crippen LogP contribution >= 0.6 is 0 Å². The lowest BCUT2D eigenvalue weighted by atomic mass is 9.64. The normalized spacial score (nSPS) is 58.7. The molecule has 0 amide bonds. The summed E-state index contributed by atoms with van der Waals surface area (Å²) in [4.78, 5) is 0. The molecule has 0 aromatic carbocycles. The maximum absolute atomic E-state index is 10.3. The monoisotopic (exact) mass is 222 g/mol. The van der Waals surface area contributed by atoms with Crippen LogP contribution in [0.3, 0.4) is 0 Å². The molecule has 0 aliphatic heterocycles. The summed E-state index contributed by atoms with van der Waals surface area (Å²) in [7, 11) is 0. The van der Waals surface area contributed by atoms with Crippen molar-refractivity contribution in [3.8, 4) is 0 Å². The first-order chi connectivity index (χ1) is 7.29. The molecule has 3 saturated carbocycles. The molecular weight excluding hydrogens is 196 g/mol. The quantitative estimate of drug-likeness (QED) is 0.664. The lowest BCUT2D eigenvalue weighted by Crippen LogP contribution is -2.38. The first-order valence-corrected chi connectivity index (χ1v) is 6.97. The average Bonchev–Trinajstić information content (AvgIpc) is 2.64. The van der Waals surface area contributed by atoms with E-state index < -0.39 is 0 Å². The van der Waals surface area contributed by atoms with Gasteiger partial charge in [-0.2, -0.15) is 0 Å². The van der Waals surface area contributed by atoms with Gasteiger partial charge in [-0.1, -0.05) is 27.7 Å². The standard InChI is InChI=1S/C15H26O/c1-13(2)7-10-8-15(4)12(16)5-6-14(15,3)11(10)9-13/h10-12,16H,5-9H2,1-4H3/t10-,11-,12+,14+,15+/m1/s1. The van der Waals surface area contributed by atoms with Crippen molar-refractivity contribution < 1.29 is 5.11 Å². The Morgan fingerprint density at radius 3 is 2.31 bits per heavy atom. The van der Waals surface area contributed by atoms with E-state index >= 15 is 0 Å². The molecule has 0 aromatic rings. The van der Waals surface area contributed by atoms with Gasteiger partial charge in [0, 0.05) is 0 Å². The van der Waals surface area contributed by atoms with Crippen LogP contribution in [0.25, 0.3) is 0 Å². The van der Waals surface area contributed by atoms with Gasteiger partial charge in [-0.15, -0.1) is 0 Å². The lowest BCUT2D eigenvalue weighted by molar-refractivity contribution is -0.00100. The molecule has 0 bridgehead atoms. The molecular formula is C15H26O. The van der Waals surface area contributed by atoms with Gasteiger partial charge in [0.2, 0.25) is 0 Å². The molecule has 0 saturated heterocycles. The molecule has 1 N–H and O–H groups in total. The average molecular weight is 222 g/mol. The zero-order valence-electron chi connectivity index (χ0n) is 11.2. The molecule has 1 heteroatoms. The first kappa shape index (κ1) is 11.1. The van der Waals surface area contributed by atoms with Crippen LogP contribution in [0.2, 0.25) is 0 Å². The van der Waals surface area contributed by atoms with Crippen LogP contribution in [0.5, 0.6) is 0 Å². The lowest BCUT2D eigenvalue weighted by Gasteiger charge is -2.41. The second-order valence-electron chi connectivity index (χ2n) is 8.03. The Kier molecular flexibility index (Phi) is 1.98. The summed E-state index contributed by atoms with van der Waals surface area (Å²) in [5.74, 6) is 1.77. The Hall–Kier alpha value is -0.0400. The van der Waals surface area contributed by atoms with Crippen molar-refractivity contribution in [2.24, 2.45) is 28.1 Å². The van der Waals surface area contributed by atoms with Gasteiger partial charge < -0.3 is 5.11 Å². The zero-order chi connectivity index (χ0) is 11.8. The highest BCUT2D eigenvalue weighted by Gasteiger charge is 2.66. The van der Waals surface area contributed by atoms with E-state index in [4.69, 9.17) is 0 Å². The number of rotatable bonds is 0. The molecule has 16 heavy (non-hydrogen) atoms. The van der Waals surface area contributed by atoms with E-state index in [1.54, 1.807) is 0 Å². The summed E-state index contributed by atoms with van der Waals surface area (Å²) in [6, 6.07) is 0. The van der Waals surface area contributed by atoms with Gasteiger partial charge in [0.25, 0.3) is 0 Å². The molecule has 3 fully saturated rings. The molecule has 1 nitrogen and oxygen atoms in total. The third-order valence-corrected chi connectivity index (χ3v) is 6.64. The minimum atomic E-state index is -0.0359. The Balaban J connectivity index is 1.97. The fourth-order valence-corrected chi connectivity index (χ4v) is 5.60. The summed E-state index contributed by atoms with van der Waals surface area (Å²) in [5, 5.41) is 10.3. The van der Waals surface area contributed by atoms with Crippen molar-refractivity contribution >= 4 is 0 Å². The molecule has 92 valence electrons. The molecule has 0 unspecified atom stereocenters. The van der Waals surface area contributed by atoms with E-state index in [9.17, 15) is 5.11 Å². The summed E-state index contributed by atoms with van der Waals surface area (Å²) in [6.07, 6.45) is 6.30. The topological polar surface area (TPSA) is 20.2 Å². The van der Waals surface area contributed by atoms with Crippen LogP contribution in [0.15, 0.2) is 0 Å². The predicted molar refractivity (Wildman–Crippen MR) is 66.1 cm³/mol. The van der Waals surface area contributed by atoms with E-state index in [1.165, 1.54) is 25.7 Å². The van der Waals surface area contributed by atoms with E-state index in [2.05, 4.69) is 27.7 Å². The fourth-order valence-electron chi connectivity index (χ4n) is 5.60. The highest BCUT2D eigenvalue weighted by molar-refractivity contribution is 5.16. The van der Waals surface area contributed by atoms with Gasteiger partial charge in [-0.05, 0) is 60.2 Å². The smallest absolute Gasteiger partial charge is 0.0599 e. The van der Waals surface area contributed by atoms with Crippen LogP contribution in [-0.2, 0) is 0 Å². The second kappa shape index (κ2) is 2.85. The van der Waals surface area contributed by atoms with Crippen LogP contribution in [0, 0.1) is 28.1 Å². The third kappa shape index (κ3) is 1.11. The molecule has 0 aromatic heterocycles. The molecule has 3 rings (SSSR count). The van der Waals surface area contributed by atoms with Gasteiger partial charge in [-0.25, -0.2) is 0 Å². The Morgan fingerprint density at radius 2 is 1.62 bits per heavy atom. The van der Waals surface area contributed by atoms with E-state index in [0.29, 0.717) is 10.8 Å². The SMILES string of the molecule is CC1(C)C[C@@H]2C[C@@]3(C)[C@@H](O)CC[C@@]3(C)[C@@H]2C1. The van der Waals surface area contributed by atoms with Crippen LogP contribution in [-0.4, -0.2) is 11.2 Å². The van der Waals surface area contributed by atoms with E-state index in [1.807, 2.05) is 0 Å². The summed E-state index contributed by atoms with van der Waals surface area (Å²) >= 11 is 0. The van der Waals surface area contributed by atoms with Gasteiger partial charge in [0.1, 0.15) is 0 Å². The van der Waals surface area contributed by atoms with Gasteiger partial charge in [-0.3, -0.25) is 0 Å². The van der Waals surface area contributed by atoms with Crippen molar-refractivity contribution in [1.82, 2.24) is 0 Å². The molecule has 0 radical (unpaired) electrons. The summed E-state index contributed by atoms with van der Waals surface area (Å²) in [5.41, 5.74) is 1.19.